The minimum Gasteiger partial charge on any atom is -0.376 e. The molecule has 2 heteroatoms. The van der Waals surface area contributed by atoms with Crippen LogP contribution < -0.4 is 0 Å². The standard InChI is InChI=1S/C7H8OS/c1-3-8-5-7-6(1)2-4-9-7/h1-2,4,7H,3,5H2. The first kappa shape index (κ1) is 5.57. The zero-order chi connectivity index (χ0) is 6.10. The topological polar surface area (TPSA) is 9.23 Å². The third kappa shape index (κ3) is 0.926. The van der Waals surface area contributed by atoms with Crippen LogP contribution in [0.3, 0.4) is 0 Å². The second-order valence-electron chi connectivity index (χ2n) is 2.17. The van der Waals surface area contributed by atoms with Crippen LogP contribution in [0.2, 0.25) is 0 Å². The van der Waals surface area contributed by atoms with Gasteiger partial charge in [-0.2, -0.15) is 0 Å². The van der Waals surface area contributed by atoms with Crippen LogP contribution in [0.4, 0.5) is 0 Å². The van der Waals surface area contributed by atoms with Crippen molar-refractivity contribution in [3.8, 4) is 0 Å². The number of rotatable bonds is 0. The van der Waals surface area contributed by atoms with Crippen molar-refractivity contribution in [2.24, 2.45) is 0 Å². The Kier molecular flexibility index (Phi) is 1.36. The van der Waals surface area contributed by atoms with Gasteiger partial charge in [-0.25, -0.2) is 0 Å². The van der Waals surface area contributed by atoms with Crippen LogP contribution >= 0.6 is 11.8 Å². The minimum absolute atomic E-state index is 0.610. The molecule has 0 bridgehead atoms. The van der Waals surface area contributed by atoms with E-state index < -0.39 is 0 Å². The Bertz CT molecular complexity index is 172. The van der Waals surface area contributed by atoms with Gasteiger partial charge in [-0.15, -0.1) is 11.8 Å². The highest BCUT2D eigenvalue weighted by Gasteiger charge is 2.19. The summed E-state index contributed by atoms with van der Waals surface area (Å²) in [5, 5.41) is 2.75. The number of fused-ring (bicyclic) bond motifs is 1. The highest BCUT2D eigenvalue weighted by molar-refractivity contribution is 8.03. The normalized spacial score (nSPS) is 32.0. The molecule has 0 aromatic rings. The molecule has 0 spiro atoms. The van der Waals surface area contributed by atoms with Gasteiger partial charge in [-0.1, -0.05) is 12.2 Å². The summed E-state index contributed by atoms with van der Waals surface area (Å²) in [6, 6.07) is 0. The van der Waals surface area contributed by atoms with Gasteiger partial charge in [0.1, 0.15) is 0 Å². The second kappa shape index (κ2) is 2.20. The molecule has 0 radical (unpaired) electrons. The summed E-state index contributed by atoms with van der Waals surface area (Å²) in [7, 11) is 0. The molecule has 0 saturated carbocycles. The maximum Gasteiger partial charge on any atom is 0.0654 e. The lowest BCUT2D eigenvalue weighted by Crippen LogP contribution is -2.16. The predicted octanol–water partition coefficient (Wildman–Crippen LogP) is 1.57. The van der Waals surface area contributed by atoms with Crippen molar-refractivity contribution >= 4 is 11.8 Å². The first-order valence-electron chi connectivity index (χ1n) is 3.06. The molecule has 0 amide bonds. The van der Waals surface area contributed by atoms with Gasteiger partial charge in [0.05, 0.1) is 18.5 Å². The number of ether oxygens (including phenoxy) is 1. The molecule has 0 N–H and O–H groups in total. The molecule has 0 aromatic carbocycles. The Morgan fingerprint density at radius 3 is 3.56 bits per heavy atom. The molecular weight excluding hydrogens is 132 g/mol. The molecule has 9 heavy (non-hydrogen) atoms. The second-order valence-corrected chi connectivity index (χ2v) is 3.28. The molecular formula is C7H8OS. The van der Waals surface area contributed by atoms with Crippen molar-refractivity contribution < 1.29 is 4.74 Å². The van der Waals surface area contributed by atoms with Crippen molar-refractivity contribution in [3.05, 3.63) is 23.1 Å². The van der Waals surface area contributed by atoms with E-state index in [0.29, 0.717) is 5.25 Å². The fraction of sp³-hybridized carbons (Fsp3) is 0.429. The van der Waals surface area contributed by atoms with E-state index in [2.05, 4.69) is 17.6 Å². The monoisotopic (exact) mass is 140 g/mol. The van der Waals surface area contributed by atoms with E-state index in [9.17, 15) is 0 Å². The van der Waals surface area contributed by atoms with Crippen molar-refractivity contribution in [3.63, 3.8) is 0 Å². The number of hydrogen-bond donors (Lipinski definition) is 0. The Morgan fingerprint density at radius 2 is 2.67 bits per heavy atom. The maximum absolute atomic E-state index is 5.25. The first-order chi connectivity index (χ1) is 4.47. The molecule has 48 valence electrons. The molecule has 1 nitrogen and oxygen atoms in total. The number of hydrogen-bond acceptors (Lipinski definition) is 2. The summed E-state index contributed by atoms with van der Waals surface area (Å²) in [4.78, 5) is 0. The summed E-state index contributed by atoms with van der Waals surface area (Å²) >= 11 is 1.85. The molecule has 0 fully saturated rings. The van der Waals surface area contributed by atoms with Gasteiger partial charge in [-0.05, 0) is 11.0 Å². The summed E-state index contributed by atoms with van der Waals surface area (Å²) in [5.74, 6) is 0. The summed E-state index contributed by atoms with van der Waals surface area (Å²) in [5.41, 5.74) is 1.45. The SMILES string of the molecule is C1=CC2=CCOCC2S1. The Balaban J connectivity index is 2.23. The molecule has 1 unspecified atom stereocenters. The Hall–Kier alpha value is -0.210. The number of thioether (sulfide) groups is 1. The average Bonchev–Trinajstić information content (AvgIpc) is 2.33. The fourth-order valence-electron chi connectivity index (χ4n) is 1.06. The van der Waals surface area contributed by atoms with Gasteiger partial charge in [0.15, 0.2) is 0 Å². The lowest BCUT2D eigenvalue weighted by molar-refractivity contribution is 0.160. The molecule has 0 aliphatic carbocycles. The van der Waals surface area contributed by atoms with Crippen LogP contribution in [0.5, 0.6) is 0 Å². The highest BCUT2D eigenvalue weighted by atomic mass is 32.2. The van der Waals surface area contributed by atoms with Crippen molar-refractivity contribution in [2.45, 2.75) is 5.25 Å². The summed E-state index contributed by atoms with van der Waals surface area (Å²) in [6.07, 6.45) is 4.34. The van der Waals surface area contributed by atoms with E-state index >= 15 is 0 Å². The minimum atomic E-state index is 0.610. The van der Waals surface area contributed by atoms with Crippen LogP contribution in [0.25, 0.3) is 0 Å². The Morgan fingerprint density at radius 1 is 1.67 bits per heavy atom. The number of allylic oxidation sites excluding steroid dienone is 1. The molecule has 1 atom stereocenters. The molecule has 2 rings (SSSR count). The van der Waals surface area contributed by atoms with Gasteiger partial charge >= 0.3 is 0 Å². The van der Waals surface area contributed by atoms with Crippen molar-refractivity contribution in [2.75, 3.05) is 13.2 Å². The van der Waals surface area contributed by atoms with E-state index in [-0.39, 0.29) is 0 Å². The summed E-state index contributed by atoms with van der Waals surface area (Å²) in [6.45, 7) is 1.69. The molecule has 2 aliphatic rings. The smallest absolute Gasteiger partial charge is 0.0654 e. The zero-order valence-electron chi connectivity index (χ0n) is 5.04. The molecule has 2 heterocycles. The van der Waals surface area contributed by atoms with Gasteiger partial charge in [-0.3, -0.25) is 0 Å². The third-order valence-corrected chi connectivity index (χ3v) is 2.61. The van der Waals surface area contributed by atoms with Crippen LogP contribution in [0.1, 0.15) is 0 Å². The largest absolute Gasteiger partial charge is 0.376 e. The fourth-order valence-corrected chi connectivity index (χ4v) is 2.00. The molecule has 0 aromatic heterocycles. The van der Waals surface area contributed by atoms with Gasteiger partial charge < -0.3 is 4.74 Å². The third-order valence-electron chi connectivity index (χ3n) is 1.58. The van der Waals surface area contributed by atoms with Crippen molar-refractivity contribution in [1.82, 2.24) is 0 Å². The zero-order valence-corrected chi connectivity index (χ0v) is 5.86. The first-order valence-corrected chi connectivity index (χ1v) is 4.01. The summed E-state index contributed by atoms with van der Waals surface area (Å²) < 4.78 is 5.25. The van der Waals surface area contributed by atoms with Gasteiger partial charge in [0.2, 0.25) is 0 Å². The van der Waals surface area contributed by atoms with Crippen LogP contribution in [0, 0.1) is 0 Å². The quantitative estimate of drug-likeness (QED) is 0.505. The maximum atomic E-state index is 5.25. The lowest BCUT2D eigenvalue weighted by atomic mass is 10.1. The highest BCUT2D eigenvalue weighted by Crippen LogP contribution is 2.30. The average molecular weight is 140 g/mol. The van der Waals surface area contributed by atoms with E-state index in [1.807, 2.05) is 11.8 Å². The van der Waals surface area contributed by atoms with Gasteiger partial charge in [0.25, 0.3) is 0 Å². The van der Waals surface area contributed by atoms with E-state index in [4.69, 9.17) is 4.74 Å². The predicted molar refractivity (Wildman–Crippen MR) is 39.4 cm³/mol. The Labute approximate surface area is 58.8 Å². The van der Waals surface area contributed by atoms with Gasteiger partial charge in [0, 0.05) is 0 Å². The van der Waals surface area contributed by atoms with Crippen LogP contribution in [0.15, 0.2) is 23.1 Å². The molecule has 2 aliphatic heterocycles. The lowest BCUT2D eigenvalue weighted by Gasteiger charge is -2.15. The van der Waals surface area contributed by atoms with E-state index in [0.717, 1.165) is 13.2 Å². The van der Waals surface area contributed by atoms with Crippen LogP contribution in [-0.2, 0) is 4.74 Å². The van der Waals surface area contributed by atoms with E-state index in [1.165, 1.54) is 5.57 Å². The molecule has 0 saturated heterocycles. The van der Waals surface area contributed by atoms with Crippen molar-refractivity contribution in [1.29, 1.82) is 0 Å². The van der Waals surface area contributed by atoms with Crippen LogP contribution in [-0.4, -0.2) is 18.5 Å². The van der Waals surface area contributed by atoms with E-state index in [1.54, 1.807) is 0 Å².